The number of rotatable bonds is 9. The van der Waals surface area contributed by atoms with Gasteiger partial charge in [0.2, 0.25) is 5.91 Å². The van der Waals surface area contributed by atoms with Gasteiger partial charge in [-0.15, -0.1) is 0 Å². The molecule has 3 atom stereocenters. The Balaban J connectivity index is 1.33. The third kappa shape index (κ3) is 7.15. The van der Waals surface area contributed by atoms with Crippen LogP contribution < -0.4 is 15.4 Å². The van der Waals surface area contributed by atoms with E-state index in [-0.39, 0.29) is 35.7 Å². The van der Waals surface area contributed by atoms with E-state index in [0.717, 1.165) is 62.7 Å². The van der Waals surface area contributed by atoms with Gasteiger partial charge in [-0.3, -0.25) is 14.4 Å². The van der Waals surface area contributed by atoms with Crippen molar-refractivity contribution in [3.05, 3.63) is 65.2 Å². The molecular weight excluding hydrogens is 478 g/mol. The molecule has 2 fully saturated rings. The van der Waals surface area contributed by atoms with E-state index in [1.165, 1.54) is 0 Å². The number of benzene rings is 2. The lowest BCUT2D eigenvalue weighted by molar-refractivity contribution is -0.127. The molecule has 2 aromatic carbocycles. The Hall–Kier alpha value is -3.35. The minimum atomic E-state index is -0.251. The fraction of sp³-hybridized carbons (Fsp3) is 0.516. The summed E-state index contributed by atoms with van der Waals surface area (Å²) in [6, 6.07) is 14.6. The molecule has 0 radical (unpaired) electrons. The van der Waals surface area contributed by atoms with Crippen molar-refractivity contribution >= 4 is 17.7 Å². The monoisotopic (exact) mass is 519 g/mol. The SMILES string of the molecule is CCCCOc1ccc(C(=O)N2CCC[C@H](C(=O)N[C@@H]3CCCC[C@H]3NC(=O)c3ccccc3C)C2)cc1. The van der Waals surface area contributed by atoms with Gasteiger partial charge in [0.05, 0.1) is 12.5 Å². The van der Waals surface area contributed by atoms with E-state index < -0.39 is 0 Å². The van der Waals surface area contributed by atoms with Gasteiger partial charge in [0.15, 0.2) is 0 Å². The molecule has 0 aromatic heterocycles. The maximum atomic E-state index is 13.3. The van der Waals surface area contributed by atoms with E-state index in [4.69, 9.17) is 4.74 Å². The Bertz CT molecular complexity index is 1100. The van der Waals surface area contributed by atoms with Gasteiger partial charge in [0.25, 0.3) is 11.8 Å². The number of nitrogens with zero attached hydrogens (tertiary/aromatic N) is 1. The van der Waals surface area contributed by atoms with Crippen LogP contribution >= 0.6 is 0 Å². The van der Waals surface area contributed by atoms with Crippen molar-refractivity contribution in [2.24, 2.45) is 5.92 Å². The van der Waals surface area contributed by atoms with Crippen LogP contribution in [0.4, 0.5) is 0 Å². The standard InChI is InChI=1S/C31H41N3O4/c1-3-4-20-38-25-17-15-23(16-18-25)31(37)34-19-9-11-24(21-34)29(35)32-27-13-7-8-14-28(27)33-30(36)26-12-6-5-10-22(26)2/h5-6,10,12,15-18,24,27-28H,3-4,7-9,11,13-14,19-21H2,1-2H3,(H,32,35)(H,33,36)/t24-,27+,28+/m0/s1. The molecule has 7 heteroatoms. The average Bonchev–Trinajstić information content (AvgIpc) is 2.94. The van der Waals surface area contributed by atoms with Crippen molar-refractivity contribution < 1.29 is 19.1 Å². The molecule has 1 aliphatic heterocycles. The van der Waals surface area contributed by atoms with E-state index in [2.05, 4.69) is 17.6 Å². The van der Waals surface area contributed by atoms with Gasteiger partial charge in [-0.2, -0.15) is 0 Å². The predicted molar refractivity (Wildman–Crippen MR) is 148 cm³/mol. The van der Waals surface area contributed by atoms with Crippen LogP contribution in [0.1, 0.15) is 84.6 Å². The summed E-state index contributed by atoms with van der Waals surface area (Å²) in [4.78, 5) is 41.2. The number of carbonyl (C=O) groups excluding carboxylic acids is 3. The lowest BCUT2D eigenvalue weighted by atomic mass is 9.88. The average molecular weight is 520 g/mol. The highest BCUT2D eigenvalue weighted by Gasteiger charge is 2.33. The Kier molecular flexibility index (Phi) is 9.79. The van der Waals surface area contributed by atoms with Crippen LogP contribution in [0.3, 0.4) is 0 Å². The van der Waals surface area contributed by atoms with Crippen LogP contribution in [0.5, 0.6) is 5.75 Å². The second-order valence-corrected chi connectivity index (χ2v) is 10.6. The van der Waals surface area contributed by atoms with Crippen molar-refractivity contribution in [2.75, 3.05) is 19.7 Å². The van der Waals surface area contributed by atoms with Crippen molar-refractivity contribution in [2.45, 2.75) is 77.3 Å². The summed E-state index contributed by atoms with van der Waals surface area (Å²) >= 11 is 0. The van der Waals surface area contributed by atoms with Crippen LogP contribution in [0.25, 0.3) is 0 Å². The Morgan fingerprint density at radius 1 is 0.921 bits per heavy atom. The molecule has 2 aliphatic rings. The first-order chi connectivity index (χ1) is 18.5. The molecule has 2 aromatic rings. The van der Waals surface area contributed by atoms with Gasteiger partial charge in [-0.05, 0) is 74.9 Å². The van der Waals surface area contributed by atoms with E-state index in [1.807, 2.05) is 43.3 Å². The van der Waals surface area contributed by atoms with Crippen LogP contribution in [0, 0.1) is 12.8 Å². The molecular formula is C31H41N3O4. The highest BCUT2D eigenvalue weighted by molar-refractivity contribution is 5.96. The molecule has 3 amide bonds. The molecule has 1 saturated heterocycles. The molecule has 1 heterocycles. The van der Waals surface area contributed by atoms with Crippen LogP contribution in [-0.4, -0.2) is 54.4 Å². The van der Waals surface area contributed by atoms with Crippen LogP contribution in [-0.2, 0) is 4.79 Å². The molecule has 2 N–H and O–H groups in total. The molecule has 204 valence electrons. The Labute approximate surface area is 226 Å². The van der Waals surface area contributed by atoms with Crippen molar-refractivity contribution in [1.82, 2.24) is 15.5 Å². The van der Waals surface area contributed by atoms with Crippen LogP contribution in [0.15, 0.2) is 48.5 Å². The maximum absolute atomic E-state index is 13.3. The first-order valence-corrected chi connectivity index (χ1v) is 14.1. The number of amides is 3. The lowest BCUT2D eigenvalue weighted by Crippen LogP contribution is -2.55. The minimum absolute atomic E-state index is 0.0239. The number of hydrogen-bond acceptors (Lipinski definition) is 4. The molecule has 0 bridgehead atoms. The number of aryl methyl sites for hydroxylation is 1. The smallest absolute Gasteiger partial charge is 0.253 e. The van der Waals surface area contributed by atoms with E-state index in [0.29, 0.717) is 30.8 Å². The summed E-state index contributed by atoms with van der Waals surface area (Å²) < 4.78 is 5.71. The fourth-order valence-electron chi connectivity index (χ4n) is 5.44. The second kappa shape index (κ2) is 13.4. The second-order valence-electron chi connectivity index (χ2n) is 10.6. The molecule has 38 heavy (non-hydrogen) atoms. The van der Waals surface area contributed by atoms with E-state index in [1.54, 1.807) is 17.0 Å². The van der Waals surface area contributed by atoms with Crippen molar-refractivity contribution in [1.29, 1.82) is 0 Å². The predicted octanol–water partition coefficient (Wildman–Crippen LogP) is 4.88. The molecule has 7 nitrogen and oxygen atoms in total. The third-order valence-electron chi connectivity index (χ3n) is 7.75. The van der Waals surface area contributed by atoms with Gasteiger partial charge in [-0.25, -0.2) is 0 Å². The minimum Gasteiger partial charge on any atom is -0.494 e. The quantitative estimate of drug-likeness (QED) is 0.462. The van der Waals surface area contributed by atoms with E-state index in [9.17, 15) is 14.4 Å². The molecule has 1 saturated carbocycles. The summed E-state index contributed by atoms with van der Waals surface area (Å²) in [7, 11) is 0. The van der Waals surface area contributed by atoms with Crippen LogP contribution in [0.2, 0.25) is 0 Å². The summed E-state index contributed by atoms with van der Waals surface area (Å²) in [6.45, 7) is 5.78. The largest absolute Gasteiger partial charge is 0.494 e. The van der Waals surface area contributed by atoms with Gasteiger partial charge < -0.3 is 20.3 Å². The highest BCUT2D eigenvalue weighted by Crippen LogP contribution is 2.23. The Morgan fingerprint density at radius 3 is 2.34 bits per heavy atom. The normalized spacial score (nSPS) is 21.4. The summed E-state index contributed by atoms with van der Waals surface area (Å²) in [6.07, 6.45) is 7.35. The topological polar surface area (TPSA) is 87.7 Å². The zero-order valence-electron chi connectivity index (χ0n) is 22.7. The first kappa shape index (κ1) is 27.7. The number of hydrogen-bond donors (Lipinski definition) is 2. The highest BCUT2D eigenvalue weighted by atomic mass is 16.5. The number of likely N-dealkylation sites (tertiary alicyclic amines) is 1. The first-order valence-electron chi connectivity index (χ1n) is 14.1. The summed E-state index contributed by atoms with van der Waals surface area (Å²) in [5.74, 6) is 0.347. The third-order valence-corrected chi connectivity index (χ3v) is 7.75. The van der Waals surface area contributed by atoms with Gasteiger partial charge in [0, 0.05) is 36.3 Å². The van der Waals surface area contributed by atoms with Gasteiger partial charge in [0.1, 0.15) is 5.75 Å². The zero-order chi connectivity index (χ0) is 26.9. The number of piperidine rings is 1. The van der Waals surface area contributed by atoms with Crippen molar-refractivity contribution in [3.63, 3.8) is 0 Å². The number of ether oxygens (including phenoxy) is 1. The number of carbonyl (C=O) groups is 3. The molecule has 0 spiro atoms. The summed E-state index contributed by atoms with van der Waals surface area (Å²) in [5.41, 5.74) is 2.22. The van der Waals surface area contributed by atoms with Gasteiger partial charge >= 0.3 is 0 Å². The maximum Gasteiger partial charge on any atom is 0.253 e. The summed E-state index contributed by atoms with van der Waals surface area (Å²) in [5, 5.41) is 6.41. The lowest BCUT2D eigenvalue weighted by Gasteiger charge is -2.36. The van der Waals surface area contributed by atoms with Gasteiger partial charge in [-0.1, -0.05) is 44.4 Å². The van der Waals surface area contributed by atoms with Crippen molar-refractivity contribution in [3.8, 4) is 5.75 Å². The Morgan fingerprint density at radius 2 is 1.63 bits per heavy atom. The fourth-order valence-corrected chi connectivity index (χ4v) is 5.44. The van der Waals surface area contributed by atoms with E-state index >= 15 is 0 Å². The molecule has 0 unspecified atom stereocenters. The number of nitrogens with one attached hydrogen (secondary N) is 2. The molecule has 4 rings (SSSR count). The number of unbranched alkanes of at least 4 members (excludes halogenated alkanes) is 1. The zero-order valence-corrected chi connectivity index (χ0v) is 22.7. The molecule has 1 aliphatic carbocycles.